The fourth-order valence-electron chi connectivity index (χ4n) is 3.65. The van der Waals surface area contributed by atoms with Gasteiger partial charge in [0.05, 0.1) is 12.8 Å². The van der Waals surface area contributed by atoms with E-state index in [9.17, 15) is 0 Å². The van der Waals surface area contributed by atoms with Gasteiger partial charge in [0.2, 0.25) is 0 Å². The normalized spacial score (nSPS) is 17.7. The molecule has 0 bridgehead atoms. The van der Waals surface area contributed by atoms with Gasteiger partial charge in [-0.05, 0) is 44.0 Å². The molecule has 1 unspecified atom stereocenters. The van der Waals surface area contributed by atoms with Gasteiger partial charge in [-0.15, -0.1) is 0 Å². The molecule has 4 heteroatoms. The smallest absolute Gasteiger partial charge is 0.155 e. The van der Waals surface area contributed by atoms with Gasteiger partial charge in [-0.1, -0.05) is 29.8 Å². The summed E-state index contributed by atoms with van der Waals surface area (Å²) in [6, 6.07) is 12.5. The molecule has 4 nitrogen and oxygen atoms in total. The van der Waals surface area contributed by atoms with E-state index in [0.29, 0.717) is 0 Å². The van der Waals surface area contributed by atoms with Gasteiger partial charge >= 0.3 is 0 Å². The molecule has 1 fully saturated rings. The molecule has 1 atom stereocenters. The van der Waals surface area contributed by atoms with E-state index in [1.807, 2.05) is 18.2 Å². The van der Waals surface area contributed by atoms with Crippen molar-refractivity contribution in [2.45, 2.75) is 27.1 Å². The molecule has 122 valence electrons. The molecule has 0 saturated carbocycles. The van der Waals surface area contributed by atoms with Crippen molar-refractivity contribution in [1.29, 1.82) is 0 Å². The SMILES string of the molecule is COc1ccccc1N1CCN(c2c(C)cc(C)cc2C)C1N. The largest absolute Gasteiger partial charge is 0.495 e. The summed E-state index contributed by atoms with van der Waals surface area (Å²) < 4.78 is 5.49. The Morgan fingerprint density at radius 3 is 2.26 bits per heavy atom. The average molecular weight is 311 g/mol. The van der Waals surface area contributed by atoms with Gasteiger partial charge in [-0.2, -0.15) is 0 Å². The average Bonchev–Trinajstić information content (AvgIpc) is 2.88. The summed E-state index contributed by atoms with van der Waals surface area (Å²) >= 11 is 0. The third-order valence-corrected chi connectivity index (χ3v) is 4.54. The van der Waals surface area contributed by atoms with Gasteiger partial charge in [-0.3, -0.25) is 5.73 Å². The van der Waals surface area contributed by atoms with Crippen LogP contribution >= 0.6 is 0 Å². The van der Waals surface area contributed by atoms with Crippen LogP contribution in [0.5, 0.6) is 5.75 Å². The van der Waals surface area contributed by atoms with Crippen LogP contribution in [-0.4, -0.2) is 26.5 Å². The van der Waals surface area contributed by atoms with Gasteiger partial charge < -0.3 is 14.5 Å². The number of nitrogens with two attached hydrogens (primary N) is 1. The lowest BCUT2D eigenvalue weighted by molar-refractivity contribution is 0.414. The molecule has 23 heavy (non-hydrogen) atoms. The van der Waals surface area contributed by atoms with Crippen molar-refractivity contribution in [3.8, 4) is 5.75 Å². The van der Waals surface area contributed by atoms with Crippen LogP contribution in [0, 0.1) is 20.8 Å². The molecule has 0 radical (unpaired) electrons. The molecule has 3 rings (SSSR count). The second kappa shape index (κ2) is 6.13. The molecule has 0 aromatic heterocycles. The first-order chi connectivity index (χ1) is 11.0. The van der Waals surface area contributed by atoms with Crippen molar-refractivity contribution < 1.29 is 4.74 Å². The summed E-state index contributed by atoms with van der Waals surface area (Å²) in [5.41, 5.74) is 12.7. The van der Waals surface area contributed by atoms with E-state index in [1.165, 1.54) is 22.4 Å². The number of methoxy groups -OCH3 is 1. The summed E-state index contributed by atoms with van der Waals surface area (Å²) in [7, 11) is 1.70. The Morgan fingerprint density at radius 2 is 1.61 bits per heavy atom. The molecule has 2 N–H and O–H groups in total. The van der Waals surface area contributed by atoms with E-state index >= 15 is 0 Å². The summed E-state index contributed by atoms with van der Waals surface area (Å²) in [6.45, 7) is 8.24. The summed E-state index contributed by atoms with van der Waals surface area (Å²) in [5, 5.41) is 0. The highest BCUT2D eigenvalue weighted by Crippen LogP contribution is 2.35. The highest BCUT2D eigenvalue weighted by Gasteiger charge is 2.32. The molecular weight excluding hydrogens is 286 g/mol. The lowest BCUT2D eigenvalue weighted by atomic mass is 10.0. The molecule has 1 aliphatic heterocycles. The van der Waals surface area contributed by atoms with E-state index in [4.69, 9.17) is 10.5 Å². The van der Waals surface area contributed by atoms with Crippen molar-refractivity contribution in [3.05, 3.63) is 53.1 Å². The van der Waals surface area contributed by atoms with E-state index in [1.54, 1.807) is 7.11 Å². The maximum atomic E-state index is 6.58. The number of para-hydroxylation sites is 2. The Hall–Kier alpha value is -2.20. The van der Waals surface area contributed by atoms with Crippen LogP contribution in [0.1, 0.15) is 16.7 Å². The van der Waals surface area contributed by atoms with Crippen molar-refractivity contribution in [2.24, 2.45) is 5.73 Å². The zero-order chi connectivity index (χ0) is 16.6. The Bertz CT molecular complexity index is 691. The monoisotopic (exact) mass is 311 g/mol. The van der Waals surface area contributed by atoms with Gasteiger partial charge in [-0.25, -0.2) is 0 Å². The van der Waals surface area contributed by atoms with Crippen LogP contribution in [-0.2, 0) is 0 Å². The highest BCUT2D eigenvalue weighted by atomic mass is 16.5. The Labute approximate surface area is 138 Å². The summed E-state index contributed by atoms with van der Waals surface area (Å²) in [4.78, 5) is 4.49. The van der Waals surface area contributed by atoms with Crippen molar-refractivity contribution in [1.82, 2.24) is 0 Å². The predicted octanol–water partition coefficient (Wildman–Crippen LogP) is 3.19. The van der Waals surface area contributed by atoms with Gasteiger partial charge in [0, 0.05) is 18.8 Å². The van der Waals surface area contributed by atoms with Crippen LogP contribution in [0.4, 0.5) is 11.4 Å². The van der Waals surface area contributed by atoms with Crippen LogP contribution in [0.15, 0.2) is 36.4 Å². The minimum atomic E-state index is -0.189. The number of hydrogen-bond acceptors (Lipinski definition) is 4. The Kier molecular flexibility index (Phi) is 4.18. The van der Waals surface area contributed by atoms with Crippen molar-refractivity contribution in [3.63, 3.8) is 0 Å². The first-order valence-corrected chi connectivity index (χ1v) is 8.02. The third kappa shape index (κ3) is 2.75. The maximum Gasteiger partial charge on any atom is 0.155 e. The number of nitrogens with zero attached hydrogens (tertiary/aromatic N) is 2. The van der Waals surface area contributed by atoms with E-state index < -0.39 is 0 Å². The number of anilines is 2. The van der Waals surface area contributed by atoms with Crippen LogP contribution in [0.2, 0.25) is 0 Å². The molecule has 1 aliphatic rings. The molecule has 0 aliphatic carbocycles. The fraction of sp³-hybridized carbons (Fsp3) is 0.368. The van der Waals surface area contributed by atoms with Crippen molar-refractivity contribution >= 4 is 11.4 Å². The van der Waals surface area contributed by atoms with Gasteiger partial charge in [0.15, 0.2) is 6.29 Å². The minimum absolute atomic E-state index is 0.189. The fourth-order valence-corrected chi connectivity index (χ4v) is 3.65. The number of benzene rings is 2. The van der Waals surface area contributed by atoms with E-state index in [-0.39, 0.29) is 6.29 Å². The first kappa shape index (κ1) is 15.7. The number of aryl methyl sites for hydroxylation is 3. The molecule has 1 saturated heterocycles. The van der Waals surface area contributed by atoms with E-state index in [0.717, 1.165) is 24.5 Å². The Morgan fingerprint density at radius 1 is 1.00 bits per heavy atom. The van der Waals surface area contributed by atoms with Gasteiger partial charge in [0.25, 0.3) is 0 Å². The third-order valence-electron chi connectivity index (χ3n) is 4.54. The van der Waals surface area contributed by atoms with Crippen LogP contribution in [0.25, 0.3) is 0 Å². The first-order valence-electron chi connectivity index (χ1n) is 8.02. The standard InChI is InChI=1S/C19H25N3O/c1-13-11-14(2)18(15(3)12-13)22-10-9-21(19(22)20)16-7-5-6-8-17(16)23-4/h5-8,11-12,19H,9-10,20H2,1-4H3. The summed E-state index contributed by atoms with van der Waals surface area (Å²) in [6.07, 6.45) is -0.189. The van der Waals surface area contributed by atoms with Crippen LogP contribution in [0.3, 0.4) is 0 Å². The number of ether oxygens (including phenoxy) is 1. The second-order valence-corrected chi connectivity index (χ2v) is 6.22. The second-order valence-electron chi connectivity index (χ2n) is 6.22. The lowest BCUT2D eigenvalue weighted by Crippen LogP contribution is -2.47. The van der Waals surface area contributed by atoms with Crippen molar-refractivity contribution in [2.75, 3.05) is 30.0 Å². The van der Waals surface area contributed by atoms with E-state index in [2.05, 4.69) is 48.8 Å². The molecule has 2 aromatic carbocycles. The van der Waals surface area contributed by atoms with Crippen LogP contribution < -0.4 is 20.3 Å². The zero-order valence-corrected chi connectivity index (χ0v) is 14.3. The molecular formula is C19H25N3O. The zero-order valence-electron chi connectivity index (χ0n) is 14.3. The lowest BCUT2D eigenvalue weighted by Gasteiger charge is -2.32. The molecule has 2 aromatic rings. The van der Waals surface area contributed by atoms with Gasteiger partial charge in [0.1, 0.15) is 5.75 Å². The molecule has 0 amide bonds. The molecule has 1 heterocycles. The number of hydrogen-bond donors (Lipinski definition) is 1. The summed E-state index contributed by atoms with van der Waals surface area (Å²) in [5.74, 6) is 0.863. The Balaban J connectivity index is 1.95. The highest BCUT2D eigenvalue weighted by molar-refractivity contribution is 5.66. The maximum absolute atomic E-state index is 6.58. The topological polar surface area (TPSA) is 41.7 Å². The predicted molar refractivity (Wildman–Crippen MR) is 96.3 cm³/mol. The molecule has 0 spiro atoms. The minimum Gasteiger partial charge on any atom is -0.495 e. The number of rotatable bonds is 3. The quantitative estimate of drug-likeness (QED) is 0.945.